The summed E-state index contributed by atoms with van der Waals surface area (Å²) in [7, 11) is 0. The highest BCUT2D eigenvalue weighted by molar-refractivity contribution is 5.92. The smallest absolute Gasteiger partial charge is 0.160 e. The van der Waals surface area contributed by atoms with E-state index in [1.807, 2.05) is 18.3 Å². The second kappa shape index (κ2) is 11.7. The molecule has 0 radical (unpaired) electrons. The van der Waals surface area contributed by atoms with Crippen molar-refractivity contribution in [3.05, 3.63) is 210 Å². The summed E-state index contributed by atoms with van der Waals surface area (Å²) in [6.45, 7) is 0. The van der Waals surface area contributed by atoms with Crippen molar-refractivity contribution >= 4 is 12.2 Å². The topological polar surface area (TPSA) is 38.7 Å². The van der Waals surface area contributed by atoms with Gasteiger partial charge in [-0.25, -0.2) is 9.97 Å². The Balaban J connectivity index is 1.20. The van der Waals surface area contributed by atoms with Gasteiger partial charge in [0.1, 0.15) is 0 Å². The van der Waals surface area contributed by atoms with Crippen molar-refractivity contribution < 1.29 is 0 Å². The van der Waals surface area contributed by atoms with Crippen molar-refractivity contribution in [1.29, 1.82) is 0 Å². The Labute approximate surface area is 297 Å². The molecule has 0 bridgehead atoms. The van der Waals surface area contributed by atoms with Crippen molar-refractivity contribution in [2.75, 3.05) is 0 Å². The normalized spacial score (nSPS) is 13.2. The van der Waals surface area contributed by atoms with Crippen molar-refractivity contribution in [3.63, 3.8) is 0 Å². The van der Waals surface area contributed by atoms with Gasteiger partial charge >= 0.3 is 0 Å². The molecular weight excluding hydrogens is 619 g/mol. The van der Waals surface area contributed by atoms with Gasteiger partial charge in [-0.15, -0.1) is 0 Å². The summed E-state index contributed by atoms with van der Waals surface area (Å²) in [5, 5.41) is 0. The van der Waals surface area contributed by atoms with Crippen molar-refractivity contribution in [2.45, 2.75) is 5.41 Å². The van der Waals surface area contributed by atoms with Crippen LogP contribution in [0.4, 0.5) is 0 Å². The third-order valence-electron chi connectivity index (χ3n) is 10.4. The van der Waals surface area contributed by atoms with E-state index >= 15 is 0 Å². The second-order valence-electron chi connectivity index (χ2n) is 13.2. The number of aromatic nitrogens is 3. The van der Waals surface area contributed by atoms with E-state index in [2.05, 4.69) is 169 Å². The zero-order valence-corrected chi connectivity index (χ0v) is 27.7. The van der Waals surface area contributed by atoms with Gasteiger partial charge in [0.15, 0.2) is 5.82 Å². The third kappa shape index (κ3) is 4.63. The standard InChI is InChI=1S/C48H31N3/c1-2-13-35(14-3-1)45-30-46(51-47(50-45)36-24-20-32(21-25-36)38-15-10-28-49-31-38)37-26-27-40-39-16-6-9-19-43(39)48(44(40)29-37)41-17-7-4-11-33(41)22-23-34-12-5-8-18-42(34)48/h1-31H. The predicted octanol–water partition coefficient (Wildman–Crippen LogP) is 11.4. The number of nitrogens with zero attached hydrogens (tertiary/aromatic N) is 3. The zero-order chi connectivity index (χ0) is 33.8. The summed E-state index contributed by atoms with van der Waals surface area (Å²) >= 11 is 0. The maximum Gasteiger partial charge on any atom is 0.160 e. The van der Waals surface area contributed by atoms with Crippen LogP contribution in [0.1, 0.15) is 33.4 Å². The molecule has 2 aliphatic carbocycles. The number of benzene rings is 6. The lowest BCUT2D eigenvalue weighted by Crippen LogP contribution is -2.30. The largest absolute Gasteiger partial charge is 0.264 e. The van der Waals surface area contributed by atoms with Gasteiger partial charge in [0.05, 0.1) is 16.8 Å². The minimum atomic E-state index is -0.501. The molecule has 3 heteroatoms. The van der Waals surface area contributed by atoms with Gasteiger partial charge in [-0.2, -0.15) is 0 Å². The summed E-state index contributed by atoms with van der Waals surface area (Å²) in [4.78, 5) is 14.7. The average molecular weight is 650 g/mol. The summed E-state index contributed by atoms with van der Waals surface area (Å²) in [6.07, 6.45) is 8.23. The molecule has 0 amide bonds. The molecule has 238 valence electrons. The fourth-order valence-corrected chi connectivity index (χ4v) is 8.14. The number of rotatable bonds is 4. The molecule has 0 unspecified atom stereocenters. The van der Waals surface area contributed by atoms with Gasteiger partial charge in [0.25, 0.3) is 0 Å². The van der Waals surface area contributed by atoms with E-state index in [1.54, 1.807) is 6.20 Å². The monoisotopic (exact) mass is 649 g/mol. The van der Waals surface area contributed by atoms with Crippen molar-refractivity contribution in [3.8, 4) is 56.2 Å². The molecule has 10 rings (SSSR count). The van der Waals surface area contributed by atoms with E-state index in [9.17, 15) is 0 Å². The van der Waals surface area contributed by atoms with Gasteiger partial charge < -0.3 is 0 Å². The Bertz CT molecular complexity index is 2570. The lowest BCUT2D eigenvalue weighted by Gasteiger charge is -2.35. The maximum atomic E-state index is 5.28. The quantitative estimate of drug-likeness (QED) is 0.190. The van der Waals surface area contributed by atoms with Crippen LogP contribution in [-0.4, -0.2) is 15.0 Å². The molecule has 2 aromatic heterocycles. The molecular formula is C48H31N3. The minimum Gasteiger partial charge on any atom is -0.264 e. The Morgan fingerprint density at radius 1 is 0.373 bits per heavy atom. The SMILES string of the molecule is C1=Cc2ccccc2C2(c3ccccc31)c1ccccc1-c1ccc(-c3cc(-c4ccccc4)nc(-c4ccc(-c5cccnc5)cc4)n3)cc12. The maximum absolute atomic E-state index is 5.28. The van der Waals surface area contributed by atoms with E-state index < -0.39 is 5.41 Å². The van der Waals surface area contributed by atoms with Crippen LogP contribution in [0.3, 0.4) is 0 Å². The van der Waals surface area contributed by atoms with Gasteiger partial charge in [0, 0.05) is 29.1 Å². The molecule has 1 spiro atoms. The van der Waals surface area contributed by atoms with E-state index in [0.717, 1.165) is 39.2 Å². The highest BCUT2D eigenvalue weighted by atomic mass is 14.9. The molecule has 0 atom stereocenters. The molecule has 0 aliphatic heterocycles. The number of hydrogen-bond donors (Lipinski definition) is 0. The second-order valence-corrected chi connectivity index (χ2v) is 13.2. The van der Waals surface area contributed by atoms with Gasteiger partial charge in [-0.1, -0.05) is 158 Å². The van der Waals surface area contributed by atoms with Crippen LogP contribution in [0, 0.1) is 0 Å². The molecule has 2 heterocycles. The minimum absolute atomic E-state index is 0.501. The van der Waals surface area contributed by atoms with Gasteiger partial charge in [0.2, 0.25) is 0 Å². The number of hydrogen-bond acceptors (Lipinski definition) is 3. The summed E-state index contributed by atoms with van der Waals surface area (Å²) in [5.41, 5.74) is 16.7. The third-order valence-corrected chi connectivity index (χ3v) is 10.4. The van der Waals surface area contributed by atoms with E-state index in [1.165, 1.54) is 44.5 Å². The Hall–Kier alpha value is -6.71. The average Bonchev–Trinajstić information content (AvgIpc) is 3.41. The molecule has 0 saturated carbocycles. The molecule has 51 heavy (non-hydrogen) atoms. The fraction of sp³-hybridized carbons (Fsp3) is 0.0208. The van der Waals surface area contributed by atoms with Gasteiger partial charge in [-0.3, -0.25) is 4.98 Å². The zero-order valence-electron chi connectivity index (χ0n) is 27.7. The highest BCUT2D eigenvalue weighted by Crippen LogP contribution is 2.59. The first kappa shape index (κ1) is 29.2. The van der Waals surface area contributed by atoms with E-state index in [-0.39, 0.29) is 0 Å². The molecule has 0 saturated heterocycles. The lowest BCUT2D eigenvalue weighted by atomic mass is 9.66. The van der Waals surface area contributed by atoms with Crippen LogP contribution < -0.4 is 0 Å². The van der Waals surface area contributed by atoms with Crippen LogP contribution in [-0.2, 0) is 5.41 Å². The predicted molar refractivity (Wildman–Crippen MR) is 208 cm³/mol. The first-order valence-corrected chi connectivity index (χ1v) is 17.3. The summed E-state index contributed by atoms with van der Waals surface area (Å²) < 4.78 is 0. The van der Waals surface area contributed by atoms with Crippen LogP contribution in [0.15, 0.2) is 176 Å². The molecule has 8 aromatic rings. The van der Waals surface area contributed by atoms with Crippen LogP contribution in [0.5, 0.6) is 0 Å². The molecule has 3 nitrogen and oxygen atoms in total. The lowest BCUT2D eigenvalue weighted by molar-refractivity contribution is 0.766. The van der Waals surface area contributed by atoms with Crippen LogP contribution >= 0.6 is 0 Å². The number of pyridine rings is 1. The van der Waals surface area contributed by atoms with Gasteiger partial charge in [-0.05, 0) is 73.8 Å². The van der Waals surface area contributed by atoms with Crippen molar-refractivity contribution in [2.24, 2.45) is 0 Å². The summed E-state index contributed by atoms with van der Waals surface area (Å²) in [5.74, 6) is 0.692. The number of fused-ring (bicyclic) bond motifs is 9. The van der Waals surface area contributed by atoms with Crippen LogP contribution in [0.2, 0.25) is 0 Å². The first-order chi connectivity index (χ1) is 25.3. The van der Waals surface area contributed by atoms with E-state index in [0.29, 0.717) is 5.82 Å². The highest BCUT2D eigenvalue weighted by Gasteiger charge is 2.48. The van der Waals surface area contributed by atoms with Crippen molar-refractivity contribution in [1.82, 2.24) is 15.0 Å². The molecule has 6 aromatic carbocycles. The Morgan fingerprint density at radius 2 is 0.941 bits per heavy atom. The molecule has 0 fully saturated rings. The molecule has 2 aliphatic rings. The Kier molecular flexibility index (Phi) is 6.71. The fourth-order valence-electron chi connectivity index (χ4n) is 8.14. The first-order valence-electron chi connectivity index (χ1n) is 17.3. The molecule has 0 N–H and O–H groups in total. The summed E-state index contributed by atoms with van der Waals surface area (Å²) in [6, 6.07) is 58.6. The van der Waals surface area contributed by atoms with Crippen LogP contribution in [0.25, 0.3) is 68.3 Å². The van der Waals surface area contributed by atoms with E-state index in [4.69, 9.17) is 9.97 Å². The Morgan fingerprint density at radius 3 is 1.65 bits per heavy atom.